The zero-order valence-corrected chi connectivity index (χ0v) is 10.3. The highest BCUT2D eigenvalue weighted by Gasteiger charge is 2.08. The van der Waals surface area contributed by atoms with Gasteiger partial charge in [-0.25, -0.2) is 4.98 Å². The first kappa shape index (κ1) is 10.6. The second-order valence-corrected chi connectivity index (χ2v) is 4.72. The summed E-state index contributed by atoms with van der Waals surface area (Å²) < 4.78 is 3.27. The molecule has 2 N–H and O–H groups in total. The number of aromatic amines is 1. The Morgan fingerprint density at radius 1 is 1.47 bits per heavy atom. The molecule has 3 aromatic rings. The summed E-state index contributed by atoms with van der Waals surface area (Å²) in [7, 11) is 0. The second-order valence-electron chi connectivity index (χ2n) is 3.44. The van der Waals surface area contributed by atoms with E-state index < -0.39 is 0 Å². The molecule has 2 heterocycles. The van der Waals surface area contributed by atoms with Gasteiger partial charge in [0.2, 0.25) is 0 Å². The number of H-pyrrole nitrogens is 1. The molecule has 0 atom stereocenters. The maximum atomic E-state index is 9.21. The van der Waals surface area contributed by atoms with Crippen molar-refractivity contribution in [2.75, 3.05) is 0 Å². The van der Waals surface area contributed by atoms with Crippen molar-refractivity contribution in [2.24, 2.45) is 0 Å². The van der Waals surface area contributed by atoms with Crippen molar-refractivity contribution in [3.63, 3.8) is 0 Å². The van der Waals surface area contributed by atoms with Crippen molar-refractivity contribution in [3.05, 3.63) is 34.3 Å². The number of fused-ring (bicyclic) bond motifs is 1. The number of benzene rings is 1. The van der Waals surface area contributed by atoms with Gasteiger partial charge >= 0.3 is 0 Å². The van der Waals surface area contributed by atoms with Crippen LogP contribution in [0, 0.1) is 4.77 Å². The molecule has 0 aliphatic heterocycles. The summed E-state index contributed by atoms with van der Waals surface area (Å²) in [5, 5.41) is 15.8. The third-order valence-electron chi connectivity index (χ3n) is 2.46. The van der Waals surface area contributed by atoms with Gasteiger partial charge < -0.3 is 5.11 Å². The number of hydrogen-bond acceptors (Lipinski definition) is 5. The third-order valence-corrected chi connectivity index (χ3v) is 3.52. The number of thiazole rings is 1. The molecule has 5 nitrogen and oxygen atoms in total. The molecule has 0 aliphatic carbocycles. The minimum atomic E-state index is -0.159. The van der Waals surface area contributed by atoms with E-state index in [0.29, 0.717) is 10.6 Å². The monoisotopic (exact) mass is 264 g/mol. The fourth-order valence-corrected chi connectivity index (χ4v) is 2.65. The molecule has 0 fully saturated rings. The lowest BCUT2D eigenvalue weighted by molar-refractivity contribution is 0.269. The Kier molecular flexibility index (Phi) is 2.50. The van der Waals surface area contributed by atoms with Gasteiger partial charge in [-0.1, -0.05) is 0 Å². The molecule has 0 bridgehead atoms. The van der Waals surface area contributed by atoms with E-state index in [9.17, 15) is 5.11 Å². The quantitative estimate of drug-likeness (QED) is 0.695. The SMILES string of the molecule is OCc1n[nH]c(=S)n1-c1ccc2ncsc2c1. The van der Waals surface area contributed by atoms with Gasteiger partial charge in [0.25, 0.3) is 0 Å². The largest absolute Gasteiger partial charge is 0.388 e. The van der Waals surface area contributed by atoms with Crippen LogP contribution in [0.4, 0.5) is 0 Å². The molecule has 0 unspecified atom stereocenters. The molecule has 86 valence electrons. The van der Waals surface area contributed by atoms with E-state index in [1.54, 1.807) is 21.4 Å². The van der Waals surface area contributed by atoms with Crippen molar-refractivity contribution in [1.82, 2.24) is 19.7 Å². The van der Waals surface area contributed by atoms with Gasteiger partial charge in [0.1, 0.15) is 6.61 Å². The molecule has 17 heavy (non-hydrogen) atoms. The zero-order chi connectivity index (χ0) is 11.8. The van der Waals surface area contributed by atoms with E-state index in [1.807, 2.05) is 18.2 Å². The lowest BCUT2D eigenvalue weighted by atomic mass is 10.3. The van der Waals surface area contributed by atoms with Crippen LogP contribution in [0.1, 0.15) is 5.82 Å². The fraction of sp³-hybridized carbons (Fsp3) is 0.100. The molecule has 3 rings (SSSR count). The van der Waals surface area contributed by atoms with Crippen LogP contribution in [0.15, 0.2) is 23.7 Å². The van der Waals surface area contributed by atoms with Gasteiger partial charge in [-0.3, -0.25) is 9.67 Å². The van der Waals surface area contributed by atoms with Crippen molar-refractivity contribution >= 4 is 33.8 Å². The van der Waals surface area contributed by atoms with Crippen LogP contribution in [-0.2, 0) is 6.61 Å². The molecule has 1 aromatic carbocycles. The topological polar surface area (TPSA) is 66.7 Å². The highest BCUT2D eigenvalue weighted by Crippen LogP contribution is 2.22. The summed E-state index contributed by atoms with van der Waals surface area (Å²) in [5.74, 6) is 0.499. The summed E-state index contributed by atoms with van der Waals surface area (Å²) in [4.78, 5) is 4.22. The predicted octanol–water partition coefficient (Wildman–Crippen LogP) is 2.03. The number of rotatable bonds is 2. The van der Waals surface area contributed by atoms with Crippen LogP contribution >= 0.6 is 23.6 Å². The van der Waals surface area contributed by atoms with Crippen LogP contribution in [0.5, 0.6) is 0 Å². The Morgan fingerprint density at radius 2 is 2.35 bits per heavy atom. The summed E-state index contributed by atoms with van der Waals surface area (Å²) in [6.07, 6.45) is 0. The number of aromatic nitrogens is 4. The minimum absolute atomic E-state index is 0.159. The van der Waals surface area contributed by atoms with Crippen molar-refractivity contribution < 1.29 is 5.11 Å². The van der Waals surface area contributed by atoms with Crippen LogP contribution in [0.2, 0.25) is 0 Å². The zero-order valence-electron chi connectivity index (χ0n) is 8.62. The molecule has 0 amide bonds. The molecule has 0 radical (unpaired) electrons. The van der Waals surface area contributed by atoms with Crippen LogP contribution < -0.4 is 0 Å². The van der Waals surface area contributed by atoms with E-state index in [4.69, 9.17) is 12.2 Å². The molecule has 0 saturated carbocycles. The van der Waals surface area contributed by atoms with Gasteiger partial charge in [-0.2, -0.15) is 5.10 Å². The van der Waals surface area contributed by atoms with E-state index in [-0.39, 0.29) is 6.61 Å². The molecule has 7 heteroatoms. The number of nitrogens with zero attached hydrogens (tertiary/aromatic N) is 3. The fourth-order valence-electron chi connectivity index (χ4n) is 1.68. The van der Waals surface area contributed by atoms with Crippen LogP contribution in [0.25, 0.3) is 15.9 Å². The Hall–Kier alpha value is -1.57. The normalized spacial score (nSPS) is 11.1. The predicted molar refractivity (Wildman–Crippen MR) is 67.8 cm³/mol. The number of aliphatic hydroxyl groups excluding tert-OH is 1. The Bertz CT molecular complexity index is 727. The summed E-state index contributed by atoms with van der Waals surface area (Å²) >= 11 is 6.71. The van der Waals surface area contributed by atoms with E-state index in [1.165, 1.54) is 0 Å². The highest BCUT2D eigenvalue weighted by atomic mass is 32.1. The van der Waals surface area contributed by atoms with Gasteiger partial charge in [0.15, 0.2) is 10.6 Å². The Balaban J connectivity index is 2.26. The van der Waals surface area contributed by atoms with Crippen LogP contribution in [0.3, 0.4) is 0 Å². The lowest BCUT2D eigenvalue weighted by Gasteiger charge is -2.04. The van der Waals surface area contributed by atoms with Gasteiger partial charge in [0.05, 0.1) is 21.4 Å². The Labute approximate surface area is 105 Å². The first-order valence-electron chi connectivity index (χ1n) is 4.90. The summed E-state index contributed by atoms with van der Waals surface area (Å²) in [5.41, 5.74) is 3.64. The molecule has 0 saturated heterocycles. The molecular formula is C10H8N4OS2. The van der Waals surface area contributed by atoms with Crippen LogP contribution in [-0.4, -0.2) is 24.9 Å². The van der Waals surface area contributed by atoms with Crippen molar-refractivity contribution in [2.45, 2.75) is 6.61 Å². The second kappa shape index (κ2) is 4.02. The van der Waals surface area contributed by atoms with Crippen molar-refractivity contribution in [1.29, 1.82) is 0 Å². The first-order chi connectivity index (χ1) is 8.29. The number of nitrogens with one attached hydrogen (secondary N) is 1. The van der Waals surface area contributed by atoms with E-state index in [2.05, 4.69) is 15.2 Å². The highest BCUT2D eigenvalue weighted by molar-refractivity contribution is 7.71. The maximum Gasteiger partial charge on any atom is 0.199 e. The summed E-state index contributed by atoms with van der Waals surface area (Å²) in [6, 6.07) is 5.82. The average Bonchev–Trinajstić information content (AvgIpc) is 2.93. The maximum absolute atomic E-state index is 9.21. The third kappa shape index (κ3) is 1.68. The molecular weight excluding hydrogens is 256 g/mol. The molecule has 0 aliphatic rings. The van der Waals surface area contributed by atoms with E-state index in [0.717, 1.165) is 15.9 Å². The lowest BCUT2D eigenvalue weighted by Crippen LogP contribution is -2.00. The van der Waals surface area contributed by atoms with Crippen molar-refractivity contribution in [3.8, 4) is 5.69 Å². The summed E-state index contributed by atoms with van der Waals surface area (Å²) in [6.45, 7) is -0.159. The van der Waals surface area contributed by atoms with Gasteiger partial charge in [-0.15, -0.1) is 11.3 Å². The minimum Gasteiger partial charge on any atom is -0.388 e. The first-order valence-corrected chi connectivity index (χ1v) is 6.19. The number of hydrogen-bond donors (Lipinski definition) is 2. The smallest absolute Gasteiger partial charge is 0.199 e. The molecule has 0 spiro atoms. The Morgan fingerprint density at radius 3 is 3.18 bits per heavy atom. The van der Waals surface area contributed by atoms with Gasteiger partial charge in [-0.05, 0) is 30.4 Å². The van der Waals surface area contributed by atoms with E-state index >= 15 is 0 Å². The average molecular weight is 264 g/mol. The molecule has 2 aromatic heterocycles. The standard InChI is InChI=1S/C10H8N4OS2/c15-4-9-12-13-10(16)14(9)6-1-2-7-8(3-6)17-5-11-7/h1-3,5,15H,4H2,(H,13,16). The number of aliphatic hydroxyl groups is 1. The van der Waals surface area contributed by atoms with Gasteiger partial charge in [0, 0.05) is 0 Å².